The maximum absolute atomic E-state index is 5.99. The second-order valence-electron chi connectivity index (χ2n) is 5.40. The number of hydrogen-bond donors (Lipinski definition) is 1. The fraction of sp³-hybridized carbons (Fsp3) is 0.375. The number of hydrogen-bond acceptors (Lipinski definition) is 4. The van der Waals surface area contributed by atoms with Crippen molar-refractivity contribution >= 4 is 5.69 Å². The minimum atomic E-state index is 0.331. The molecule has 104 valence electrons. The van der Waals surface area contributed by atoms with Crippen molar-refractivity contribution in [3.8, 4) is 11.3 Å². The minimum absolute atomic E-state index is 0.331. The Morgan fingerprint density at radius 3 is 2.70 bits per heavy atom. The van der Waals surface area contributed by atoms with Crippen molar-refractivity contribution in [1.82, 2.24) is 9.97 Å². The normalized spacial score (nSPS) is 16.4. The van der Waals surface area contributed by atoms with Gasteiger partial charge in [0.05, 0.1) is 17.6 Å². The van der Waals surface area contributed by atoms with Gasteiger partial charge in [0.1, 0.15) is 6.33 Å². The van der Waals surface area contributed by atoms with Gasteiger partial charge in [0.2, 0.25) is 0 Å². The van der Waals surface area contributed by atoms with Crippen LogP contribution in [0.5, 0.6) is 0 Å². The molecule has 1 aliphatic heterocycles. The summed E-state index contributed by atoms with van der Waals surface area (Å²) in [6, 6.07) is 8.68. The van der Waals surface area contributed by atoms with Gasteiger partial charge in [0.25, 0.3) is 0 Å². The number of aryl methyl sites for hydroxylation is 1. The van der Waals surface area contributed by atoms with E-state index in [1.807, 2.05) is 6.20 Å². The van der Waals surface area contributed by atoms with Crippen LogP contribution in [0.1, 0.15) is 18.4 Å². The van der Waals surface area contributed by atoms with Crippen LogP contribution in [0.3, 0.4) is 0 Å². The quantitative estimate of drug-likeness (QED) is 0.908. The molecular formula is C16H20N4. The third-order valence-corrected chi connectivity index (χ3v) is 3.97. The van der Waals surface area contributed by atoms with Crippen LogP contribution in [0.25, 0.3) is 11.3 Å². The number of rotatable bonds is 2. The monoisotopic (exact) mass is 268 g/mol. The van der Waals surface area contributed by atoms with Gasteiger partial charge in [-0.1, -0.05) is 24.3 Å². The van der Waals surface area contributed by atoms with Crippen molar-refractivity contribution in [3.63, 3.8) is 0 Å². The molecule has 0 spiro atoms. The van der Waals surface area contributed by atoms with Crippen molar-refractivity contribution < 1.29 is 0 Å². The Labute approximate surface area is 119 Å². The zero-order chi connectivity index (χ0) is 13.9. The molecule has 0 atom stereocenters. The maximum atomic E-state index is 5.99. The fourth-order valence-electron chi connectivity index (χ4n) is 2.74. The van der Waals surface area contributed by atoms with E-state index in [-0.39, 0.29) is 0 Å². The van der Waals surface area contributed by atoms with E-state index >= 15 is 0 Å². The fourth-order valence-corrected chi connectivity index (χ4v) is 2.74. The second-order valence-corrected chi connectivity index (χ2v) is 5.40. The molecule has 4 heteroatoms. The van der Waals surface area contributed by atoms with Gasteiger partial charge in [-0.3, -0.25) is 0 Å². The molecule has 1 aliphatic rings. The van der Waals surface area contributed by atoms with E-state index in [9.17, 15) is 0 Å². The third kappa shape index (κ3) is 2.51. The van der Waals surface area contributed by atoms with Gasteiger partial charge < -0.3 is 10.6 Å². The third-order valence-electron chi connectivity index (χ3n) is 3.97. The van der Waals surface area contributed by atoms with Crippen molar-refractivity contribution in [2.45, 2.75) is 25.8 Å². The van der Waals surface area contributed by atoms with Crippen LogP contribution in [0.4, 0.5) is 5.69 Å². The van der Waals surface area contributed by atoms with Crippen LogP contribution in [0.15, 0.2) is 36.8 Å². The minimum Gasteiger partial charge on any atom is -0.368 e. The highest BCUT2D eigenvalue weighted by Gasteiger charge is 2.20. The van der Waals surface area contributed by atoms with Gasteiger partial charge in [-0.2, -0.15) is 0 Å². The van der Waals surface area contributed by atoms with Crippen molar-refractivity contribution in [2.75, 3.05) is 18.0 Å². The molecule has 1 aromatic heterocycles. The van der Waals surface area contributed by atoms with Gasteiger partial charge in [-0.15, -0.1) is 0 Å². The number of nitrogens with two attached hydrogens (primary N) is 1. The van der Waals surface area contributed by atoms with E-state index in [0.717, 1.165) is 37.3 Å². The molecule has 1 aromatic carbocycles. The highest BCUT2D eigenvalue weighted by molar-refractivity contribution is 5.76. The van der Waals surface area contributed by atoms with Crippen LogP contribution < -0.4 is 10.6 Å². The van der Waals surface area contributed by atoms with E-state index < -0.39 is 0 Å². The predicted octanol–water partition coefficient (Wildman–Crippen LogP) is 2.38. The Kier molecular flexibility index (Phi) is 3.65. The lowest BCUT2D eigenvalue weighted by molar-refractivity contribution is 0.501. The molecule has 4 nitrogen and oxygen atoms in total. The lowest BCUT2D eigenvalue weighted by Crippen LogP contribution is -2.40. The first-order chi connectivity index (χ1) is 9.75. The second kappa shape index (κ2) is 5.59. The smallest absolute Gasteiger partial charge is 0.116 e. The number of anilines is 1. The molecule has 0 radical (unpaired) electrons. The Balaban J connectivity index is 1.99. The highest BCUT2D eigenvalue weighted by Crippen LogP contribution is 2.31. The van der Waals surface area contributed by atoms with E-state index in [0.29, 0.717) is 6.04 Å². The summed E-state index contributed by atoms with van der Waals surface area (Å²) < 4.78 is 0. The average molecular weight is 268 g/mol. The summed E-state index contributed by atoms with van der Waals surface area (Å²) in [4.78, 5) is 11.1. The lowest BCUT2D eigenvalue weighted by atomic mass is 10.0. The Bertz CT molecular complexity index is 589. The molecule has 1 saturated heterocycles. The molecule has 0 saturated carbocycles. The lowest BCUT2D eigenvalue weighted by Gasteiger charge is -2.32. The zero-order valence-corrected chi connectivity index (χ0v) is 11.8. The van der Waals surface area contributed by atoms with E-state index in [4.69, 9.17) is 5.73 Å². The number of piperidine rings is 1. The topological polar surface area (TPSA) is 55.0 Å². The summed E-state index contributed by atoms with van der Waals surface area (Å²) in [7, 11) is 0. The summed E-state index contributed by atoms with van der Waals surface area (Å²) >= 11 is 0. The van der Waals surface area contributed by atoms with Crippen molar-refractivity contribution in [3.05, 3.63) is 42.4 Å². The molecule has 0 bridgehead atoms. The number of nitrogens with zero attached hydrogens (tertiary/aromatic N) is 3. The molecule has 2 heterocycles. The van der Waals surface area contributed by atoms with Crippen molar-refractivity contribution in [2.24, 2.45) is 5.73 Å². The van der Waals surface area contributed by atoms with E-state index in [1.54, 1.807) is 6.33 Å². The molecule has 2 aromatic rings. The number of aromatic nitrogens is 2. The largest absolute Gasteiger partial charge is 0.368 e. The summed E-state index contributed by atoms with van der Waals surface area (Å²) in [5, 5.41) is 0. The molecule has 0 amide bonds. The predicted molar refractivity (Wildman–Crippen MR) is 81.6 cm³/mol. The maximum Gasteiger partial charge on any atom is 0.116 e. The van der Waals surface area contributed by atoms with Crippen LogP contribution in [0.2, 0.25) is 0 Å². The Morgan fingerprint density at radius 2 is 1.95 bits per heavy atom. The summed E-state index contributed by atoms with van der Waals surface area (Å²) in [6.45, 7) is 4.08. The van der Waals surface area contributed by atoms with Crippen LogP contribution in [-0.2, 0) is 0 Å². The number of benzene rings is 1. The molecule has 20 heavy (non-hydrogen) atoms. The Morgan fingerprint density at radius 1 is 1.20 bits per heavy atom. The molecule has 1 fully saturated rings. The van der Waals surface area contributed by atoms with E-state index in [2.05, 4.69) is 46.1 Å². The molecular weight excluding hydrogens is 248 g/mol. The standard InChI is InChI=1S/C16H20N4/c1-12-4-2-3-5-14(12)16-15(10-18-11-19-16)20-8-6-13(17)7-9-20/h2-5,10-11,13H,6-9,17H2,1H3. The van der Waals surface area contributed by atoms with Crippen LogP contribution >= 0.6 is 0 Å². The van der Waals surface area contributed by atoms with Gasteiger partial charge in [0.15, 0.2) is 0 Å². The van der Waals surface area contributed by atoms with Gasteiger partial charge in [-0.05, 0) is 25.3 Å². The van der Waals surface area contributed by atoms with Crippen molar-refractivity contribution in [1.29, 1.82) is 0 Å². The van der Waals surface area contributed by atoms with E-state index in [1.165, 1.54) is 11.1 Å². The highest BCUT2D eigenvalue weighted by atomic mass is 15.2. The van der Waals surface area contributed by atoms with Crippen LogP contribution in [0, 0.1) is 6.92 Å². The van der Waals surface area contributed by atoms with Gasteiger partial charge in [0, 0.05) is 24.7 Å². The molecule has 2 N–H and O–H groups in total. The van der Waals surface area contributed by atoms with Crippen LogP contribution in [-0.4, -0.2) is 29.1 Å². The summed E-state index contributed by atoms with van der Waals surface area (Å²) in [5.74, 6) is 0. The summed E-state index contributed by atoms with van der Waals surface area (Å²) in [5.41, 5.74) is 10.5. The SMILES string of the molecule is Cc1ccccc1-c1ncncc1N1CCC(N)CC1. The van der Waals surface area contributed by atoms with Gasteiger partial charge in [-0.25, -0.2) is 9.97 Å². The molecule has 0 unspecified atom stereocenters. The average Bonchev–Trinajstić information content (AvgIpc) is 2.49. The van der Waals surface area contributed by atoms with Gasteiger partial charge >= 0.3 is 0 Å². The first-order valence-electron chi connectivity index (χ1n) is 7.12. The molecule has 0 aliphatic carbocycles. The first-order valence-corrected chi connectivity index (χ1v) is 7.12. The first kappa shape index (κ1) is 13.1. The molecule has 3 rings (SSSR count). The Hall–Kier alpha value is -1.94. The zero-order valence-electron chi connectivity index (χ0n) is 11.8. The summed E-state index contributed by atoms with van der Waals surface area (Å²) in [6.07, 6.45) is 5.61.